The smallest absolute Gasteiger partial charge is 0.256 e. The van der Waals surface area contributed by atoms with Crippen molar-refractivity contribution >= 4 is 15.9 Å². The van der Waals surface area contributed by atoms with E-state index in [1.54, 1.807) is 37.9 Å². The van der Waals surface area contributed by atoms with Crippen LogP contribution in [0.1, 0.15) is 27.7 Å². The summed E-state index contributed by atoms with van der Waals surface area (Å²) in [6, 6.07) is 1.65. The molecule has 4 heterocycles. The monoisotopic (exact) mass is 432 g/mol. The maximum Gasteiger partial charge on any atom is 0.256 e. The summed E-state index contributed by atoms with van der Waals surface area (Å²) in [5.41, 5.74) is 1.17. The summed E-state index contributed by atoms with van der Waals surface area (Å²) in [7, 11) is -3.75. The number of nitrogens with zero attached hydrogens (tertiary/aromatic N) is 6. The quantitative estimate of drug-likeness (QED) is 0.595. The van der Waals surface area contributed by atoms with Gasteiger partial charge in [-0.05, 0) is 19.9 Å². The molecule has 0 aliphatic carbocycles. The minimum absolute atomic E-state index is 0.0873. The summed E-state index contributed by atoms with van der Waals surface area (Å²) in [6.45, 7) is 5.62. The second-order valence-corrected chi connectivity index (χ2v) is 8.78. The van der Waals surface area contributed by atoms with Gasteiger partial charge in [0.15, 0.2) is 5.76 Å². The van der Waals surface area contributed by atoms with Crippen LogP contribution in [-0.4, -0.2) is 70.0 Å². The van der Waals surface area contributed by atoms with Crippen LogP contribution in [0.2, 0.25) is 0 Å². The summed E-state index contributed by atoms with van der Waals surface area (Å²) in [5, 5.41) is 7.61. The van der Waals surface area contributed by atoms with Crippen molar-refractivity contribution in [1.29, 1.82) is 0 Å². The van der Waals surface area contributed by atoms with Gasteiger partial charge in [0.25, 0.3) is 5.91 Å². The van der Waals surface area contributed by atoms with E-state index in [0.717, 1.165) is 0 Å². The van der Waals surface area contributed by atoms with Crippen LogP contribution >= 0.6 is 0 Å². The van der Waals surface area contributed by atoms with Crippen molar-refractivity contribution in [1.82, 2.24) is 29.5 Å². The second-order valence-electron chi connectivity index (χ2n) is 6.91. The fraction of sp³-hybridized carbons (Fsp3) is 0.389. The van der Waals surface area contributed by atoms with Crippen LogP contribution in [0.5, 0.6) is 0 Å². The lowest BCUT2D eigenvalue weighted by Gasteiger charge is -2.34. The number of sulfonamides is 1. The number of carbonyl (C=O) groups excluding carboxylic acids is 1. The molecular formula is C18H20N6O5S. The van der Waals surface area contributed by atoms with Crippen LogP contribution in [0.15, 0.2) is 32.4 Å². The molecule has 12 heteroatoms. The number of hydrogen-bond donors (Lipinski definition) is 0. The maximum atomic E-state index is 13.1. The molecule has 1 aliphatic rings. The van der Waals surface area contributed by atoms with Gasteiger partial charge in [-0.1, -0.05) is 10.3 Å². The summed E-state index contributed by atoms with van der Waals surface area (Å²) in [4.78, 5) is 23.0. The average Bonchev–Trinajstić information content (AvgIpc) is 3.32. The van der Waals surface area contributed by atoms with E-state index in [0.29, 0.717) is 28.5 Å². The third-order valence-electron chi connectivity index (χ3n) is 4.91. The molecule has 0 aromatic carbocycles. The topological polar surface area (TPSA) is 136 Å². The molecule has 1 fully saturated rings. The lowest BCUT2D eigenvalue weighted by Crippen LogP contribution is -2.50. The van der Waals surface area contributed by atoms with Gasteiger partial charge < -0.3 is 13.9 Å². The van der Waals surface area contributed by atoms with E-state index in [9.17, 15) is 13.2 Å². The molecule has 11 nitrogen and oxygen atoms in total. The molecule has 0 spiro atoms. The Kier molecular flexibility index (Phi) is 5.12. The molecule has 0 N–H and O–H groups in total. The van der Waals surface area contributed by atoms with Gasteiger partial charge in [0.1, 0.15) is 10.6 Å². The van der Waals surface area contributed by atoms with Crippen LogP contribution in [0.25, 0.3) is 11.4 Å². The van der Waals surface area contributed by atoms with Crippen molar-refractivity contribution < 1.29 is 22.3 Å². The van der Waals surface area contributed by atoms with Crippen molar-refractivity contribution in [2.75, 3.05) is 26.2 Å². The zero-order chi connectivity index (χ0) is 21.5. The van der Waals surface area contributed by atoms with Crippen molar-refractivity contribution in [3.63, 3.8) is 0 Å². The third-order valence-corrected chi connectivity index (χ3v) is 7.06. The molecule has 158 valence electrons. The molecule has 0 bridgehead atoms. The number of amides is 1. The first-order valence-corrected chi connectivity index (χ1v) is 10.7. The number of aromatic nitrogens is 4. The Morgan fingerprint density at radius 2 is 1.80 bits per heavy atom. The number of carbonyl (C=O) groups is 1. The van der Waals surface area contributed by atoms with Crippen LogP contribution < -0.4 is 0 Å². The summed E-state index contributed by atoms with van der Waals surface area (Å²) in [5.74, 6) is 0.674. The zero-order valence-electron chi connectivity index (χ0n) is 16.7. The number of hydrogen-bond acceptors (Lipinski definition) is 9. The van der Waals surface area contributed by atoms with Gasteiger partial charge in [-0.15, -0.1) is 0 Å². The first-order chi connectivity index (χ1) is 14.3. The van der Waals surface area contributed by atoms with Crippen molar-refractivity contribution in [2.24, 2.45) is 0 Å². The van der Waals surface area contributed by atoms with Crippen LogP contribution in [0, 0.1) is 20.8 Å². The van der Waals surface area contributed by atoms with Gasteiger partial charge >= 0.3 is 0 Å². The van der Waals surface area contributed by atoms with Crippen LogP contribution in [0.3, 0.4) is 0 Å². The predicted octanol–water partition coefficient (Wildman–Crippen LogP) is 1.19. The minimum Gasteiger partial charge on any atom is -0.360 e. The fourth-order valence-corrected chi connectivity index (χ4v) is 5.16. The molecule has 3 aromatic rings. The van der Waals surface area contributed by atoms with Gasteiger partial charge in [-0.3, -0.25) is 9.78 Å². The molecule has 0 saturated carbocycles. The normalized spacial score (nSPS) is 15.5. The van der Waals surface area contributed by atoms with Crippen molar-refractivity contribution in [3.05, 3.63) is 41.4 Å². The first-order valence-electron chi connectivity index (χ1n) is 9.26. The van der Waals surface area contributed by atoms with Crippen molar-refractivity contribution in [3.8, 4) is 11.4 Å². The number of piperazine rings is 1. The number of aryl methyl sites for hydroxylation is 3. The number of pyridine rings is 1. The summed E-state index contributed by atoms with van der Waals surface area (Å²) < 4.78 is 37.3. The van der Waals surface area contributed by atoms with E-state index in [1.165, 1.54) is 10.5 Å². The van der Waals surface area contributed by atoms with E-state index < -0.39 is 10.0 Å². The van der Waals surface area contributed by atoms with Crippen LogP contribution in [0.4, 0.5) is 0 Å². The molecular weight excluding hydrogens is 412 g/mol. The van der Waals surface area contributed by atoms with E-state index in [4.69, 9.17) is 9.05 Å². The Balaban J connectivity index is 1.52. The Morgan fingerprint density at radius 3 is 2.40 bits per heavy atom. The maximum absolute atomic E-state index is 13.1. The standard InChI is InChI=1S/C18H20N6O5S/c1-11-16(12(2)28-21-11)30(26,27)24-8-6-23(7-9-24)18(25)15-10-19-5-4-14(15)17-20-13(3)29-22-17/h4-5,10H,6-9H2,1-3H3. The van der Waals surface area contributed by atoms with E-state index >= 15 is 0 Å². The summed E-state index contributed by atoms with van der Waals surface area (Å²) >= 11 is 0. The van der Waals surface area contributed by atoms with Crippen molar-refractivity contribution in [2.45, 2.75) is 25.7 Å². The Morgan fingerprint density at radius 1 is 1.07 bits per heavy atom. The Hall–Kier alpha value is -3.12. The molecule has 3 aromatic heterocycles. The lowest BCUT2D eigenvalue weighted by molar-refractivity contribution is 0.0698. The molecule has 0 unspecified atom stereocenters. The Bertz CT molecular complexity index is 1170. The highest BCUT2D eigenvalue weighted by Crippen LogP contribution is 2.26. The van der Waals surface area contributed by atoms with Gasteiger partial charge in [0, 0.05) is 51.1 Å². The largest absolute Gasteiger partial charge is 0.360 e. The zero-order valence-corrected chi connectivity index (χ0v) is 17.5. The molecule has 1 amide bonds. The van der Waals surface area contributed by atoms with Gasteiger partial charge in [0.05, 0.1) is 5.56 Å². The van der Waals surface area contributed by atoms with E-state index in [2.05, 4.69) is 20.3 Å². The van der Waals surface area contributed by atoms with Gasteiger partial charge in [0.2, 0.25) is 21.7 Å². The SMILES string of the molecule is Cc1nc(-c2ccncc2C(=O)N2CCN(S(=O)(=O)c3c(C)noc3C)CC2)no1. The average molecular weight is 432 g/mol. The fourth-order valence-electron chi connectivity index (χ4n) is 3.44. The summed E-state index contributed by atoms with van der Waals surface area (Å²) in [6.07, 6.45) is 3.00. The molecule has 1 aliphatic heterocycles. The van der Waals surface area contributed by atoms with E-state index in [1.807, 2.05) is 0 Å². The third kappa shape index (κ3) is 3.48. The van der Waals surface area contributed by atoms with Gasteiger partial charge in [-0.25, -0.2) is 8.42 Å². The Labute approximate surface area is 172 Å². The van der Waals surface area contributed by atoms with Gasteiger partial charge in [-0.2, -0.15) is 9.29 Å². The lowest BCUT2D eigenvalue weighted by atomic mass is 10.1. The second kappa shape index (κ2) is 7.61. The molecule has 4 rings (SSSR count). The molecule has 0 radical (unpaired) electrons. The highest BCUT2D eigenvalue weighted by Gasteiger charge is 2.35. The first kappa shape index (κ1) is 20.2. The predicted molar refractivity (Wildman–Crippen MR) is 103 cm³/mol. The molecule has 0 atom stereocenters. The van der Waals surface area contributed by atoms with E-state index in [-0.39, 0.29) is 42.7 Å². The minimum atomic E-state index is -3.75. The highest BCUT2D eigenvalue weighted by molar-refractivity contribution is 7.89. The highest BCUT2D eigenvalue weighted by atomic mass is 32.2. The molecule has 30 heavy (non-hydrogen) atoms. The number of rotatable bonds is 4. The molecule has 1 saturated heterocycles. The van der Waals surface area contributed by atoms with Crippen LogP contribution in [-0.2, 0) is 10.0 Å².